The summed E-state index contributed by atoms with van der Waals surface area (Å²) in [6, 6.07) is 7.20. The van der Waals surface area contributed by atoms with Crippen LogP contribution in [0.3, 0.4) is 0 Å². The van der Waals surface area contributed by atoms with Crippen molar-refractivity contribution in [2.24, 2.45) is 0 Å². The highest BCUT2D eigenvalue weighted by Gasteiger charge is 2.28. The molecule has 1 fully saturated rings. The van der Waals surface area contributed by atoms with E-state index in [2.05, 4.69) is 19.7 Å². The molecule has 1 saturated heterocycles. The fourth-order valence-electron chi connectivity index (χ4n) is 4.51. The number of imidazole rings is 1. The topological polar surface area (TPSA) is 131 Å². The van der Waals surface area contributed by atoms with Crippen LogP contribution >= 0.6 is 11.5 Å². The summed E-state index contributed by atoms with van der Waals surface area (Å²) in [5, 5.41) is 3.23. The van der Waals surface area contributed by atoms with Gasteiger partial charge < -0.3 is 10.6 Å². The van der Waals surface area contributed by atoms with E-state index in [1.54, 1.807) is 25.3 Å². The molecule has 1 aliphatic heterocycles. The van der Waals surface area contributed by atoms with Crippen LogP contribution in [0.25, 0.3) is 16.8 Å². The molecule has 4 heterocycles. The van der Waals surface area contributed by atoms with Gasteiger partial charge in [-0.3, -0.25) is 19.3 Å². The molecule has 5 rings (SSSR count). The van der Waals surface area contributed by atoms with Gasteiger partial charge in [-0.2, -0.15) is 4.37 Å². The number of piperidine rings is 1. The third kappa shape index (κ3) is 4.46. The molecule has 0 saturated carbocycles. The Morgan fingerprint density at radius 3 is 2.74 bits per heavy atom. The minimum Gasteiger partial charge on any atom is -0.382 e. The van der Waals surface area contributed by atoms with Crippen LogP contribution in [0.4, 0.5) is 10.9 Å². The number of fused-ring (bicyclic) bond motifs is 1. The summed E-state index contributed by atoms with van der Waals surface area (Å²) in [5.41, 5.74) is 9.04. The molecule has 180 valence electrons. The predicted molar refractivity (Wildman–Crippen MR) is 134 cm³/mol. The number of nitrogens with two attached hydrogens (primary N) is 1. The van der Waals surface area contributed by atoms with Crippen molar-refractivity contribution in [3.05, 3.63) is 53.9 Å². The number of carbonyl (C=O) groups excluding carboxylic acids is 2. The van der Waals surface area contributed by atoms with Crippen LogP contribution < -0.4 is 11.1 Å². The highest BCUT2D eigenvalue weighted by Crippen LogP contribution is 2.34. The first-order valence-corrected chi connectivity index (χ1v) is 12.3. The SMILES string of the molecule is CCC(=O)N1CCCC(c2nc(-c3ccc(C(=O)Nc4nc(C)ns4)cc3)c3c(N)nccn23)C1. The molecule has 1 atom stereocenters. The van der Waals surface area contributed by atoms with Crippen molar-refractivity contribution >= 4 is 39.8 Å². The van der Waals surface area contributed by atoms with Crippen LogP contribution in [0.5, 0.6) is 0 Å². The fourth-order valence-corrected chi connectivity index (χ4v) is 5.08. The van der Waals surface area contributed by atoms with E-state index in [4.69, 9.17) is 10.7 Å². The van der Waals surface area contributed by atoms with Crippen molar-refractivity contribution in [1.82, 2.24) is 28.6 Å². The molecule has 2 amide bonds. The molecule has 0 spiro atoms. The summed E-state index contributed by atoms with van der Waals surface area (Å²) in [5.74, 6) is 1.87. The van der Waals surface area contributed by atoms with Gasteiger partial charge in [0.15, 0.2) is 0 Å². The molecule has 0 radical (unpaired) electrons. The lowest BCUT2D eigenvalue weighted by atomic mass is 9.97. The number of aromatic nitrogens is 5. The van der Waals surface area contributed by atoms with E-state index in [1.807, 2.05) is 34.6 Å². The Kier molecular flexibility index (Phi) is 6.16. The number of aryl methyl sites for hydroxylation is 1. The lowest BCUT2D eigenvalue weighted by molar-refractivity contribution is -0.132. The normalized spacial score (nSPS) is 15.9. The summed E-state index contributed by atoms with van der Waals surface area (Å²) in [6.07, 6.45) is 5.90. The molecule has 35 heavy (non-hydrogen) atoms. The lowest BCUT2D eigenvalue weighted by Crippen LogP contribution is -2.39. The number of likely N-dealkylation sites (tertiary alicyclic amines) is 1. The number of nitrogens with zero attached hydrogens (tertiary/aromatic N) is 6. The van der Waals surface area contributed by atoms with Gasteiger partial charge in [-0.1, -0.05) is 19.1 Å². The van der Waals surface area contributed by atoms with Crippen LogP contribution in [0, 0.1) is 6.92 Å². The zero-order chi connectivity index (χ0) is 24.5. The minimum atomic E-state index is -0.257. The Morgan fingerprint density at radius 1 is 1.23 bits per heavy atom. The Balaban J connectivity index is 1.46. The third-order valence-corrected chi connectivity index (χ3v) is 6.94. The molecule has 3 aromatic heterocycles. The molecule has 1 unspecified atom stereocenters. The maximum Gasteiger partial charge on any atom is 0.257 e. The lowest BCUT2D eigenvalue weighted by Gasteiger charge is -2.32. The Bertz CT molecular complexity index is 1390. The summed E-state index contributed by atoms with van der Waals surface area (Å²) in [4.78, 5) is 40.3. The average Bonchev–Trinajstić information content (AvgIpc) is 3.47. The first-order valence-electron chi connectivity index (χ1n) is 11.6. The maximum absolute atomic E-state index is 12.6. The van der Waals surface area contributed by atoms with Gasteiger partial charge in [0.1, 0.15) is 28.7 Å². The second-order valence-corrected chi connectivity index (χ2v) is 9.31. The summed E-state index contributed by atoms with van der Waals surface area (Å²) in [7, 11) is 0. The van der Waals surface area contributed by atoms with Gasteiger partial charge in [-0.15, -0.1) is 0 Å². The summed E-state index contributed by atoms with van der Waals surface area (Å²) in [6.45, 7) is 5.08. The largest absolute Gasteiger partial charge is 0.382 e. The molecule has 0 aliphatic carbocycles. The van der Waals surface area contributed by atoms with Gasteiger partial charge in [0.05, 0.1) is 0 Å². The van der Waals surface area contributed by atoms with E-state index < -0.39 is 0 Å². The smallest absolute Gasteiger partial charge is 0.257 e. The maximum atomic E-state index is 12.6. The van der Waals surface area contributed by atoms with Gasteiger partial charge in [0.25, 0.3) is 5.91 Å². The van der Waals surface area contributed by atoms with Crippen molar-refractivity contribution < 1.29 is 9.59 Å². The molecule has 1 aliphatic rings. The number of carbonyl (C=O) groups is 2. The number of benzene rings is 1. The summed E-state index contributed by atoms with van der Waals surface area (Å²) >= 11 is 1.14. The molecular formula is C24H26N8O2S. The van der Waals surface area contributed by atoms with Crippen molar-refractivity contribution in [3.63, 3.8) is 0 Å². The third-order valence-electron chi connectivity index (χ3n) is 6.22. The molecular weight excluding hydrogens is 464 g/mol. The van der Waals surface area contributed by atoms with Gasteiger partial charge in [-0.05, 0) is 31.9 Å². The van der Waals surface area contributed by atoms with Crippen molar-refractivity contribution in [2.45, 2.75) is 39.0 Å². The van der Waals surface area contributed by atoms with Gasteiger partial charge in [-0.25, -0.2) is 15.0 Å². The van der Waals surface area contributed by atoms with E-state index in [0.29, 0.717) is 41.0 Å². The first-order chi connectivity index (χ1) is 16.9. The standard InChI is InChI=1S/C24H26N8O2S/c1-3-18(33)31-11-4-5-17(13-31)22-28-19(20-21(25)26-10-12-32(20)22)15-6-8-16(9-7-15)23(34)29-24-27-14(2)30-35-24/h6-10,12,17H,3-5,11,13H2,1-2H3,(H2,25,26)(H,27,29,30,34). The number of hydrogen-bond donors (Lipinski definition) is 2. The molecule has 4 aromatic rings. The molecule has 10 nitrogen and oxygen atoms in total. The van der Waals surface area contributed by atoms with E-state index >= 15 is 0 Å². The highest BCUT2D eigenvalue weighted by molar-refractivity contribution is 7.09. The Hall–Kier alpha value is -3.86. The zero-order valence-corrected chi connectivity index (χ0v) is 20.4. The van der Waals surface area contributed by atoms with Gasteiger partial charge in [0, 0.05) is 60.5 Å². The number of anilines is 2. The number of hydrogen-bond acceptors (Lipinski definition) is 8. The Morgan fingerprint density at radius 2 is 2.03 bits per heavy atom. The molecule has 0 bridgehead atoms. The number of amides is 2. The minimum absolute atomic E-state index is 0.0997. The average molecular weight is 491 g/mol. The van der Waals surface area contributed by atoms with E-state index in [9.17, 15) is 9.59 Å². The van der Waals surface area contributed by atoms with Gasteiger partial charge in [0.2, 0.25) is 11.0 Å². The van der Waals surface area contributed by atoms with Crippen LogP contribution in [0.2, 0.25) is 0 Å². The van der Waals surface area contributed by atoms with Gasteiger partial charge >= 0.3 is 0 Å². The van der Waals surface area contributed by atoms with Crippen molar-refractivity contribution in [1.29, 1.82) is 0 Å². The first kappa shape index (κ1) is 22.9. The van der Waals surface area contributed by atoms with Crippen molar-refractivity contribution in [2.75, 3.05) is 24.1 Å². The fraction of sp³-hybridized carbons (Fsp3) is 0.333. The monoisotopic (exact) mass is 490 g/mol. The second kappa shape index (κ2) is 9.41. The predicted octanol–water partition coefficient (Wildman–Crippen LogP) is 3.51. The van der Waals surface area contributed by atoms with Crippen LogP contribution in [0.1, 0.15) is 54.1 Å². The van der Waals surface area contributed by atoms with E-state index in [0.717, 1.165) is 47.8 Å². The van der Waals surface area contributed by atoms with Crippen molar-refractivity contribution in [3.8, 4) is 11.3 Å². The molecule has 1 aromatic carbocycles. The quantitative estimate of drug-likeness (QED) is 0.438. The number of rotatable bonds is 5. The van der Waals surface area contributed by atoms with Crippen LogP contribution in [-0.4, -0.2) is 53.5 Å². The highest BCUT2D eigenvalue weighted by atomic mass is 32.1. The molecule has 3 N–H and O–H groups in total. The number of nitrogens with one attached hydrogen (secondary N) is 1. The van der Waals surface area contributed by atoms with E-state index in [1.165, 1.54) is 0 Å². The van der Waals surface area contributed by atoms with Crippen LogP contribution in [-0.2, 0) is 4.79 Å². The second-order valence-electron chi connectivity index (χ2n) is 8.56. The van der Waals surface area contributed by atoms with E-state index in [-0.39, 0.29) is 17.7 Å². The number of nitrogen functional groups attached to an aromatic ring is 1. The Labute approximate surface area is 206 Å². The van der Waals surface area contributed by atoms with Crippen LogP contribution in [0.15, 0.2) is 36.7 Å². The zero-order valence-electron chi connectivity index (χ0n) is 19.6. The summed E-state index contributed by atoms with van der Waals surface area (Å²) < 4.78 is 6.07. The molecule has 11 heteroatoms.